The summed E-state index contributed by atoms with van der Waals surface area (Å²) < 4.78 is 17.8. The molecule has 1 aliphatic rings. The van der Waals surface area contributed by atoms with Crippen molar-refractivity contribution < 1.29 is 18.8 Å². The average molecular weight is 304 g/mol. The van der Waals surface area contributed by atoms with Gasteiger partial charge >= 0.3 is 7.12 Å². The van der Waals surface area contributed by atoms with E-state index in [1.807, 2.05) is 53.7 Å². The molecule has 0 N–H and O–H groups in total. The molecule has 1 fully saturated rings. The molecule has 0 spiro atoms. The number of aryl methyl sites for hydroxylation is 1. The second-order valence-corrected chi connectivity index (χ2v) is 6.78. The molecule has 4 nitrogen and oxygen atoms in total. The van der Waals surface area contributed by atoms with Gasteiger partial charge in [-0.15, -0.1) is 0 Å². The van der Waals surface area contributed by atoms with Gasteiger partial charge in [-0.2, -0.15) is 0 Å². The standard InChI is InChI=1S/C17H25BO4/c1-8-20-15-10-14(13(12(3)19)9-11(15)2)18-21-16(4,5)17(6,7)22-18/h9-10H,8H2,1-7H3. The van der Waals surface area contributed by atoms with Crippen molar-refractivity contribution in [2.75, 3.05) is 6.61 Å². The fourth-order valence-corrected chi connectivity index (χ4v) is 2.48. The van der Waals surface area contributed by atoms with Gasteiger partial charge in [-0.1, -0.05) is 0 Å². The molecule has 0 atom stereocenters. The molecule has 0 aromatic heterocycles. The summed E-state index contributed by atoms with van der Waals surface area (Å²) in [5.74, 6) is 0.757. The average Bonchev–Trinajstić information content (AvgIpc) is 2.60. The van der Waals surface area contributed by atoms with E-state index in [0.717, 1.165) is 16.8 Å². The zero-order valence-corrected chi connectivity index (χ0v) is 14.6. The Kier molecular flexibility index (Phi) is 4.42. The van der Waals surface area contributed by atoms with Gasteiger partial charge in [0.05, 0.1) is 17.8 Å². The number of benzene rings is 1. The Bertz CT molecular complexity index is 577. The highest BCUT2D eigenvalue weighted by atomic mass is 16.7. The van der Waals surface area contributed by atoms with Crippen LogP contribution in [0.2, 0.25) is 0 Å². The maximum atomic E-state index is 12.0. The highest BCUT2D eigenvalue weighted by Crippen LogP contribution is 2.37. The lowest BCUT2D eigenvalue weighted by molar-refractivity contribution is 0.00578. The minimum Gasteiger partial charge on any atom is -0.494 e. The van der Waals surface area contributed by atoms with Crippen molar-refractivity contribution in [2.45, 2.75) is 59.7 Å². The van der Waals surface area contributed by atoms with Crippen LogP contribution in [0.3, 0.4) is 0 Å². The van der Waals surface area contributed by atoms with E-state index in [2.05, 4.69) is 0 Å². The maximum Gasteiger partial charge on any atom is 0.495 e. The van der Waals surface area contributed by atoms with Crippen LogP contribution in [-0.2, 0) is 9.31 Å². The third-order valence-electron chi connectivity index (χ3n) is 4.53. The summed E-state index contributed by atoms with van der Waals surface area (Å²) in [6.45, 7) is 14.0. The maximum absolute atomic E-state index is 12.0. The first-order chi connectivity index (χ1) is 10.1. The molecule has 1 saturated heterocycles. The molecule has 1 aliphatic heterocycles. The quantitative estimate of drug-likeness (QED) is 0.634. The Balaban J connectivity index is 2.50. The van der Waals surface area contributed by atoms with Crippen molar-refractivity contribution in [1.29, 1.82) is 0 Å². The van der Waals surface area contributed by atoms with E-state index in [4.69, 9.17) is 14.0 Å². The van der Waals surface area contributed by atoms with E-state index >= 15 is 0 Å². The van der Waals surface area contributed by atoms with E-state index in [0.29, 0.717) is 12.2 Å². The van der Waals surface area contributed by atoms with Crippen LogP contribution >= 0.6 is 0 Å². The molecule has 5 heteroatoms. The molecule has 0 amide bonds. The van der Waals surface area contributed by atoms with Gasteiger partial charge in [0.1, 0.15) is 5.75 Å². The molecule has 22 heavy (non-hydrogen) atoms. The molecule has 0 aliphatic carbocycles. The summed E-state index contributed by atoms with van der Waals surface area (Å²) in [7, 11) is -0.566. The van der Waals surface area contributed by atoms with Gasteiger partial charge in [0.25, 0.3) is 0 Å². The molecule has 0 unspecified atom stereocenters. The fourth-order valence-electron chi connectivity index (χ4n) is 2.48. The first-order valence-corrected chi connectivity index (χ1v) is 7.73. The minimum atomic E-state index is -0.566. The molecule has 0 saturated carbocycles. The van der Waals surface area contributed by atoms with E-state index in [9.17, 15) is 4.79 Å². The SMILES string of the molecule is CCOc1cc(B2OC(C)(C)C(C)(C)O2)c(C(C)=O)cc1C. The Labute approximate surface area is 133 Å². The zero-order chi connectivity index (χ0) is 16.7. The molecule has 1 aromatic carbocycles. The van der Waals surface area contributed by atoms with Crippen LogP contribution in [0.15, 0.2) is 12.1 Å². The first-order valence-electron chi connectivity index (χ1n) is 7.73. The Morgan fingerprint density at radius 3 is 2.18 bits per heavy atom. The van der Waals surface area contributed by atoms with Crippen LogP contribution < -0.4 is 10.2 Å². The minimum absolute atomic E-state index is 0.00383. The van der Waals surface area contributed by atoms with Gasteiger partial charge in [0.2, 0.25) is 0 Å². The van der Waals surface area contributed by atoms with Crippen molar-refractivity contribution in [3.63, 3.8) is 0 Å². The van der Waals surface area contributed by atoms with E-state index < -0.39 is 18.3 Å². The zero-order valence-electron chi connectivity index (χ0n) is 14.6. The predicted octanol–water partition coefficient (Wildman–Crippen LogP) is 2.90. The second-order valence-electron chi connectivity index (χ2n) is 6.78. The number of Topliss-reactive ketones (excluding diaryl/α,β-unsaturated/α-hetero) is 1. The van der Waals surface area contributed by atoms with Crippen LogP contribution in [0.4, 0.5) is 0 Å². The van der Waals surface area contributed by atoms with Crippen molar-refractivity contribution in [2.24, 2.45) is 0 Å². The van der Waals surface area contributed by atoms with Gasteiger partial charge in [0, 0.05) is 5.56 Å². The lowest BCUT2D eigenvalue weighted by Gasteiger charge is -2.32. The molecule has 0 radical (unpaired) electrons. The fraction of sp³-hybridized carbons (Fsp3) is 0.588. The highest BCUT2D eigenvalue weighted by Gasteiger charge is 2.52. The van der Waals surface area contributed by atoms with E-state index in [1.165, 1.54) is 0 Å². The summed E-state index contributed by atoms with van der Waals surface area (Å²) in [4.78, 5) is 12.0. The number of carbonyl (C=O) groups excluding carboxylic acids is 1. The number of ketones is 1. The molecular formula is C17H25BO4. The number of hydrogen-bond donors (Lipinski definition) is 0. The normalized spacial score (nSPS) is 19.3. The molecule has 120 valence electrons. The number of rotatable bonds is 4. The Morgan fingerprint density at radius 2 is 1.73 bits per heavy atom. The summed E-state index contributed by atoms with van der Waals surface area (Å²) in [5, 5.41) is 0. The summed E-state index contributed by atoms with van der Waals surface area (Å²) in [6, 6.07) is 3.73. The van der Waals surface area contributed by atoms with Gasteiger partial charge in [-0.05, 0) is 71.6 Å². The Hall–Kier alpha value is -1.33. The van der Waals surface area contributed by atoms with Crippen LogP contribution in [0.25, 0.3) is 0 Å². The summed E-state index contributed by atoms with van der Waals surface area (Å²) >= 11 is 0. The van der Waals surface area contributed by atoms with E-state index in [1.54, 1.807) is 6.92 Å². The highest BCUT2D eigenvalue weighted by molar-refractivity contribution is 6.63. The first kappa shape index (κ1) is 17.0. The van der Waals surface area contributed by atoms with Crippen molar-refractivity contribution in [1.82, 2.24) is 0 Å². The summed E-state index contributed by atoms with van der Waals surface area (Å²) in [6.07, 6.45) is 0. The third kappa shape index (κ3) is 2.92. The van der Waals surface area contributed by atoms with Crippen LogP contribution in [-0.4, -0.2) is 30.7 Å². The smallest absolute Gasteiger partial charge is 0.494 e. The second kappa shape index (κ2) is 5.71. The molecule has 1 heterocycles. The third-order valence-corrected chi connectivity index (χ3v) is 4.53. The van der Waals surface area contributed by atoms with Gasteiger partial charge in [0.15, 0.2) is 5.78 Å². The summed E-state index contributed by atoms with van der Waals surface area (Å²) in [5.41, 5.74) is 1.41. The van der Waals surface area contributed by atoms with Crippen LogP contribution in [0.1, 0.15) is 57.5 Å². The largest absolute Gasteiger partial charge is 0.495 e. The van der Waals surface area contributed by atoms with Gasteiger partial charge < -0.3 is 14.0 Å². The lowest BCUT2D eigenvalue weighted by Crippen LogP contribution is -2.41. The number of carbonyl (C=O) groups is 1. The van der Waals surface area contributed by atoms with Crippen molar-refractivity contribution in [3.8, 4) is 5.75 Å². The molecular weight excluding hydrogens is 279 g/mol. The molecule has 0 bridgehead atoms. The number of ether oxygens (including phenoxy) is 1. The van der Waals surface area contributed by atoms with E-state index in [-0.39, 0.29) is 5.78 Å². The van der Waals surface area contributed by atoms with Crippen LogP contribution in [0, 0.1) is 6.92 Å². The lowest BCUT2D eigenvalue weighted by atomic mass is 9.74. The van der Waals surface area contributed by atoms with Crippen LogP contribution in [0.5, 0.6) is 5.75 Å². The molecule has 2 rings (SSSR count). The van der Waals surface area contributed by atoms with Crippen molar-refractivity contribution in [3.05, 3.63) is 23.3 Å². The number of hydrogen-bond acceptors (Lipinski definition) is 4. The topological polar surface area (TPSA) is 44.8 Å². The monoisotopic (exact) mass is 304 g/mol. The van der Waals surface area contributed by atoms with Crippen molar-refractivity contribution >= 4 is 18.4 Å². The van der Waals surface area contributed by atoms with Gasteiger partial charge in [-0.25, -0.2) is 0 Å². The predicted molar refractivity (Wildman–Crippen MR) is 88.1 cm³/mol. The Morgan fingerprint density at radius 1 is 1.18 bits per heavy atom. The molecule has 1 aromatic rings. The van der Waals surface area contributed by atoms with Gasteiger partial charge in [-0.3, -0.25) is 4.79 Å².